The van der Waals surface area contributed by atoms with Gasteiger partial charge in [0.05, 0.1) is 17.7 Å². The van der Waals surface area contributed by atoms with Crippen molar-refractivity contribution in [3.63, 3.8) is 0 Å². The van der Waals surface area contributed by atoms with E-state index in [9.17, 15) is 9.59 Å². The number of nitrogens with zero attached hydrogens (tertiary/aromatic N) is 2. The first kappa shape index (κ1) is 22.3. The number of carbonyl (C=O) groups is 2. The molecule has 1 amide bonds. The Balaban J connectivity index is 1.54. The van der Waals surface area contributed by atoms with E-state index < -0.39 is 11.4 Å². The van der Waals surface area contributed by atoms with Crippen molar-refractivity contribution in [3.05, 3.63) is 88.7 Å². The predicted octanol–water partition coefficient (Wildman–Crippen LogP) is 3.69. The van der Waals surface area contributed by atoms with Crippen molar-refractivity contribution in [3.8, 4) is 0 Å². The Morgan fingerprint density at radius 3 is 2.26 bits per heavy atom. The van der Waals surface area contributed by atoms with Crippen molar-refractivity contribution >= 4 is 11.9 Å². The van der Waals surface area contributed by atoms with Crippen molar-refractivity contribution in [1.29, 1.82) is 0 Å². The molecule has 2 aromatic carbocycles. The van der Waals surface area contributed by atoms with Crippen molar-refractivity contribution < 1.29 is 14.3 Å². The van der Waals surface area contributed by atoms with Gasteiger partial charge in [0.2, 0.25) is 0 Å². The summed E-state index contributed by atoms with van der Waals surface area (Å²) in [5, 5.41) is 7.44. The molecule has 3 rings (SSSR count). The fourth-order valence-electron chi connectivity index (χ4n) is 3.42. The maximum Gasteiger partial charge on any atom is 0.316 e. The van der Waals surface area contributed by atoms with Crippen molar-refractivity contribution in [2.24, 2.45) is 0 Å². The molecular weight excluding hydrogens is 390 g/mol. The zero-order valence-corrected chi connectivity index (χ0v) is 18.5. The predicted molar refractivity (Wildman–Crippen MR) is 120 cm³/mol. The topological polar surface area (TPSA) is 73.2 Å². The van der Waals surface area contributed by atoms with Gasteiger partial charge in [-0.25, -0.2) is 0 Å². The first-order chi connectivity index (χ1) is 14.8. The molecule has 0 radical (unpaired) electrons. The number of aryl methyl sites for hydroxylation is 1. The SMILES string of the molecule is Cc1nn(Cc2ccccc2)c(C)c1CNC(=O)COC(=O)C(C)(C)c1ccccc1. The quantitative estimate of drug-likeness (QED) is 0.565. The van der Waals surface area contributed by atoms with E-state index in [0.717, 1.165) is 28.1 Å². The van der Waals surface area contributed by atoms with E-state index in [1.165, 1.54) is 0 Å². The van der Waals surface area contributed by atoms with Crippen LogP contribution in [0.15, 0.2) is 60.7 Å². The number of aromatic nitrogens is 2. The molecule has 1 aromatic heterocycles. The molecule has 0 spiro atoms. The van der Waals surface area contributed by atoms with E-state index in [2.05, 4.69) is 22.5 Å². The van der Waals surface area contributed by atoms with Gasteiger partial charge in [-0.15, -0.1) is 0 Å². The molecule has 0 bridgehead atoms. The zero-order valence-electron chi connectivity index (χ0n) is 18.5. The number of hydrogen-bond donors (Lipinski definition) is 1. The molecule has 0 aliphatic heterocycles. The second-order valence-electron chi connectivity index (χ2n) is 8.14. The average Bonchev–Trinajstić information content (AvgIpc) is 3.04. The number of benzene rings is 2. The maximum atomic E-state index is 12.5. The molecule has 6 heteroatoms. The van der Waals surface area contributed by atoms with Crippen LogP contribution in [0.2, 0.25) is 0 Å². The largest absolute Gasteiger partial charge is 0.455 e. The molecule has 31 heavy (non-hydrogen) atoms. The molecule has 0 unspecified atom stereocenters. The third-order valence-corrected chi connectivity index (χ3v) is 5.51. The van der Waals surface area contributed by atoms with E-state index in [4.69, 9.17) is 4.74 Å². The van der Waals surface area contributed by atoms with Gasteiger partial charge in [-0.2, -0.15) is 5.10 Å². The minimum Gasteiger partial charge on any atom is -0.455 e. The molecule has 0 saturated heterocycles. The van der Waals surface area contributed by atoms with Gasteiger partial charge < -0.3 is 10.1 Å². The third kappa shape index (κ3) is 5.40. The van der Waals surface area contributed by atoms with Gasteiger partial charge in [-0.05, 0) is 38.8 Å². The van der Waals surface area contributed by atoms with Crippen molar-refractivity contribution in [2.75, 3.05) is 6.61 Å². The fraction of sp³-hybridized carbons (Fsp3) is 0.320. The summed E-state index contributed by atoms with van der Waals surface area (Å²) in [6.45, 7) is 8.20. The Kier molecular flexibility index (Phi) is 6.90. The summed E-state index contributed by atoms with van der Waals surface area (Å²) in [5.41, 5.74) is 4.03. The van der Waals surface area contributed by atoms with Crippen molar-refractivity contribution in [2.45, 2.75) is 46.2 Å². The van der Waals surface area contributed by atoms with Gasteiger partial charge in [0.1, 0.15) is 0 Å². The van der Waals surface area contributed by atoms with E-state index in [1.54, 1.807) is 13.8 Å². The second kappa shape index (κ2) is 9.60. The lowest BCUT2D eigenvalue weighted by Crippen LogP contribution is -2.35. The van der Waals surface area contributed by atoms with Crippen LogP contribution in [0.4, 0.5) is 0 Å². The van der Waals surface area contributed by atoms with Crippen LogP contribution >= 0.6 is 0 Å². The lowest BCUT2D eigenvalue weighted by Gasteiger charge is -2.22. The lowest BCUT2D eigenvalue weighted by molar-refractivity contribution is -0.153. The van der Waals surface area contributed by atoms with Crippen LogP contribution in [-0.2, 0) is 32.8 Å². The molecule has 3 aromatic rings. The summed E-state index contributed by atoms with van der Waals surface area (Å²) in [6.07, 6.45) is 0. The van der Waals surface area contributed by atoms with Gasteiger partial charge in [-0.3, -0.25) is 14.3 Å². The van der Waals surface area contributed by atoms with E-state index in [1.807, 2.05) is 67.1 Å². The first-order valence-electron chi connectivity index (χ1n) is 10.4. The molecule has 0 fully saturated rings. The van der Waals surface area contributed by atoms with Crippen LogP contribution < -0.4 is 5.32 Å². The zero-order chi connectivity index (χ0) is 22.4. The highest BCUT2D eigenvalue weighted by Crippen LogP contribution is 2.24. The Hall–Kier alpha value is -3.41. The average molecular weight is 420 g/mol. The van der Waals surface area contributed by atoms with E-state index >= 15 is 0 Å². The van der Waals surface area contributed by atoms with Crippen LogP contribution in [0.3, 0.4) is 0 Å². The lowest BCUT2D eigenvalue weighted by atomic mass is 9.85. The molecule has 6 nitrogen and oxygen atoms in total. The Morgan fingerprint density at radius 2 is 1.61 bits per heavy atom. The second-order valence-corrected chi connectivity index (χ2v) is 8.14. The summed E-state index contributed by atoms with van der Waals surface area (Å²) < 4.78 is 7.22. The summed E-state index contributed by atoms with van der Waals surface area (Å²) >= 11 is 0. The monoisotopic (exact) mass is 419 g/mol. The summed E-state index contributed by atoms with van der Waals surface area (Å²) in [7, 11) is 0. The van der Waals surface area contributed by atoms with E-state index in [0.29, 0.717) is 13.1 Å². The summed E-state index contributed by atoms with van der Waals surface area (Å²) in [4.78, 5) is 24.8. The smallest absolute Gasteiger partial charge is 0.316 e. The summed E-state index contributed by atoms with van der Waals surface area (Å²) in [6, 6.07) is 19.5. The van der Waals surface area contributed by atoms with Gasteiger partial charge in [-0.1, -0.05) is 60.7 Å². The molecule has 1 N–H and O–H groups in total. The standard InChI is InChI=1S/C25H29N3O3/c1-18-22(19(2)28(27-18)16-20-11-7-5-8-12-20)15-26-23(29)17-31-24(30)25(3,4)21-13-9-6-10-14-21/h5-14H,15-17H2,1-4H3,(H,26,29). The summed E-state index contributed by atoms with van der Waals surface area (Å²) in [5.74, 6) is -0.774. The maximum absolute atomic E-state index is 12.5. The van der Waals surface area contributed by atoms with E-state index in [-0.39, 0.29) is 12.5 Å². The number of amides is 1. The van der Waals surface area contributed by atoms with Gasteiger partial charge in [0.25, 0.3) is 5.91 Å². The molecular formula is C25H29N3O3. The molecule has 0 aliphatic rings. The Bertz CT molecular complexity index is 1040. The molecule has 1 heterocycles. The van der Waals surface area contributed by atoms with Crippen LogP contribution in [0.5, 0.6) is 0 Å². The Labute approximate surface area is 183 Å². The number of nitrogens with one attached hydrogen (secondary N) is 1. The number of rotatable bonds is 8. The van der Waals surface area contributed by atoms with Gasteiger partial charge in [0.15, 0.2) is 6.61 Å². The molecule has 0 atom stereocenters. The highest BCUT2D eigenvalue weighted by Gasteiger charge is 2.31. The van der Waals surface area contributed by atoms with Crippen molar-refractivity contribution in [1.82, 2.24) is 15.1 Å². The normalized spacial score (nSPS) is 11.2. The number of esters is 1. The molecule has 0 aliphatic carbocycles. The van der Waals surface area contributed by atoms with Gasteiger partial charge >= 0.3 is 5.97 Å². The number of carbonyl (C=O) groups excluding carboxylic acids is 2. The van der Waals surface area contributed by atoms with Crippen LogP contribution in [0, 0.1) is 13.8 Å². The minimum absolute atomic E-state index is 0.314. The fourth-order valence-corrected chi connectivity index (χ4v) is 3.42. The number of ether oxygens (including phenoxy) is 1. The third-order valence-electron chi connectivity index (χ3n) is 5.51. The van der Waals surface area contributed by atoms with Crippen LogP contribution in [0.25, 0.3) is 0 Å². The molecule has 0 saturated carbocycles. The van der Waals surface area contributed by atoms with Crippen LogP contribution in [0.1, 0.15) is 41.9 Å². The highest BCUT2D eigenvalue weighted by atomic mass is 16.5. The molecule has 162 valence electrons. The van der Waals surface area contributed by atoms with Gasteiger partial charge in [0, 0.05) is 17.8 Å². The number of hydrogen-bond acceptors (Lipinski definition) is 4. The highest BCUT2D eigenvalue weighted by molar-refractivity contribution is 5.85. The Morgan fingerprint density at radius 1 is 1.00 bits per heavy atom. The van der Waals surface area contributed by atoms with Crippen LogP contribution in [-0.4, -0.2) is 28.3 Å². The first-order valence-corrected chi connectivity index (χ1v) is 10.4. The minimum atomic E-state index is -0.826.